The number of rotatable bonds is 3. The van der Waals surface area contributed by atoms with Gasteiger partial charge < -0.3 is 10.5 Å². The maximum atomic E-state index is 13.2. The van der Waals surface area contributed by atoms with E-state index in [1.165, 1.54) is 12.1 Å². The van der Waals surface area contributed by atoms with Gasteiger partial charge in [-0.1, -0.05) is 36.4 Å². The number of hydrogen-bond donors (Lipinski definition) is 1. The van der Waals surface area contributed by atoms with Gasteiger partial charge in [0.05, 0.1) is 0 Å². The number of hydrogen-bond acceptors (Lipinski definition) is 2. The molecule has 0 aromatic heterocycles. The monoisotopic (exact) mass is 267 g/mol. The summed E-state index contributed by atoms with van der Waals surface area (Å²) in [5, 5.41) is 2.03. The fourth-order valence-electron chi connectivity index (χ4n) is 2.26. The molecule has 3 aromatic rings. The lowest BCUT2D eigenvalue weighted by molar-refractivity contribution is 0.482. The lowest BCUT2D eigenvalue weighted by Gasteiger charge is -2.11. The molecule has 0 amide bonds. The highest BCUT2D eigenvalue weighted by molar-refractivity contribution is 5.91. The summed E-state index contributed by atoms with van der Waals surface area (Å²) in [6.45, 7) is 0.473. The zero-order valence-corrected chi connectivity index (χ0v) is 10.8. The van der Waals surface area contributed by atoms with Gasteiger partial charge in [0.1, 0.15) is 17.3 Å². The average molecular weight is 267 g/mol. The van der Waals surface area contributed by atoms with Crippen LogP contribution in [-0.2, 0) is 6.54 Å². The Kier molecular flexibility index (Phi) is 3.35. The van der Waals surface area contributed by atoms with Crippen LogP contribution >= 0.6 is 0 Å². The molecule has 3 heteroatoms. The second-order valence-corrected chi connectivity index (χ2v) is 4.53. The van der Waals surface area contributed by atoms with E-state index in [9.17, 15) is 4.39 Å². The van der Waals surface area contributed by atoms with Crippen LogP contribution in [-0.4, -0.2) is 0 Å². The van der Waals surface area contributed by atoms with Gasteiger partial charge in [-0.15, -0.1) is 0 Å². The number of fused-ring (bicyclic) bond motifs is 1. The van der Waals surface area contributed by atoms with Crippen LogP contribution in [0.25, 0.3) is 10.8 Å². The lowest BCUT2D eigenvalue weighted by Crippen LogP contribution is -1.98. The van der Waals surface area contributed by atoms with Gasteiger partial charge in [-0.2, -0.15) is 0 Å². The quantitative estimate of drug-likeness (QED) is 0.770. The van der Waals surface area contributed by atoms with Crippen molar-refractivity contribution in [3.8, 4) is 11.5 Å². The highest BCUT2D eigenvalue weighted by Crippen LogP contribution is 2.32. The molecule has 0 spiro atoms. The summed E-state index contributed by atoms with van der Waals surface area (Å²) >= 11 is 0. The molecule has 0 radical (unpaired) electrons. The van der Waals surface area contributed by atoms with Crippen molar-refractivity contribution >= 4 is 10.8 Å². The number of benzene rings is 3. The summed E-state index contributed by atoms with van der Waals surface area (Å²) in [5.41, 5.74) is 6.81. The lowest BCUT2D eigenvalue weighted by atomic mass is 10.0. The molecule has 2 nitrogen and oxygen atoms in total. The van der Waals surface area contributed by atoms with Crippen LogP contribution in [0, 0.1) is 5.82 Å². The van der Waals surface area contributed by atoms with Crippen molar-refractivity contribution in [2.45, 2.75) is 6.54 Å². The summed E-state index contributed by atoms with van der Waals surface area (Å²) in [7, 11) is 0. The standard InChI is InChI=1S/C17H14FNO/c18-13-4-3-5-14(10-13)20-17-9-8-12(11-19)15-6-1-2-7-16(15)17/h1-10H,11,19H2. The molecule has 100 valence electrons. The van der Waals surface area contributed by atoms with E-state index in [2.05, 4.69) is 0 Å². The molecule has 0 aliphatic rings. The van der Waals surface area contributed by atoms with E-state index in [0.29, 0.717) is 18.0 Å². The predicted molar refractivity (Wildman–Crippen MR) is 78.3 cm³/mol. The van der Waals surface area contributed by atoms with Crippen molar-refractivity contribution in [3.05, 3.63) is 72.0 Å². The van der Waals surface area contributed by atoms with Crippen molar-refractivity contribution in [2.24, 2.45) is 5.73 Å². The van der Waals surface area contributed by atoms with Gasteiger partial charge >= 0.3 is 0 Å². The van der Waals surface area contributed by atoms with Crippen LogP contribution < -0.4 is 10.5 Å². The smallest absolute Gasteiger partial charge is 0.135 e. The van der Waals surface area contributed by atoms with Crippen LogP contribution in [0.3, 0.4) is 0 Å². The SMILES string of the molecule is NCc1ccc(Oc2cccc(F)c2)c2ccccc12. The molecular formula is C17H14FNO. The van der Waals surface area contributed by atoms with Crippen molar-refractivity contribution in [1.82, 2.24) is 0 Å². The summed E-state index contributed by atoms with van der Waals surface area (Å²) in [4.78, 5) is 0. The van der Waals surface area contributed by atoms with Gasteiger partial charge in [0, 0.05) is 18.0 Å². The Balaban J connectivity index is 2.08. The topological polar surface area (TPSA) is 35.2 Å². The van der Waals surface area contributed by atoms with E-state index >= 15 is 0 Å². The van der Waals surface area contributed by atoms with Crippen LogP contribution in [0.2, 0.25) is 0 Å². The van der Waals surface area contributed by atoms with Crippen LogP contribution in [0.4, 0.5) is 4.39 Å². The molecule has 0 fully saturated rings. The normalized spacial score (nSPS) is 10.7. The number of halogens is 1. The molecule has 0 unspecified atom stereocenters. The van der Waals surface area contributed by atoms with Crippen molar-refractivity contribution in [3.63, 3.8) is 0 Å². The minimum Gasteiger partial charge on any atom is -0.457 e. The highest BCUT2D eigenvalue weighted by Gasteiger charge is 2.07. The first-order valence-electron chi connectivity index (χ1n) is 6.42. The second kappa shape index (κ2) is 5.31. The Morgan fingerprint density at radius 2 is 1.70 bits per heavy atom. The second-order valence-electron chi connectivity index (χ2n) is 4.53. The Morgan fingerprint density at radius 1 is 0.900 bits per heavy atom. The molecule has 2 N–H and O–H groups in total. The molecule has 0 aliphatic heterocycles. The summed E-state index contributed by atoms with van der Waals surface area (Å²) < 4.78 is 19.0. The zero-order chi connectivity index (χ0) is 13.9. The van der Waals surface area contributed by atoms with E-state index in [1.807, 2.05) is 36.4 Å². The maximum Gasteiger partial charge on any atom is 0.135 e. The molecule has 0 heterocycles. The molecule has 0 saturated heterocycles. The van der Waals surface area contributed by atoms with E-state index in [4.69, 9.17) is 10.5 Å². The van der Waals surface area contributed by atoms with E-state index < -0.39 is 0 Å². The van der Waals surface area contributed by atoms with E-state index in [0.717, 1.165) is 16.3 Å². The number of nitrogens with two attached hydrogens (primary N) is 1. The van der Waals surface area contributed by atoms with Crippen molar-refractivity contribution < 1.29 is 9.13 Å². The van der Waals surface area contributed by atoms with Crippen LogP contribution in [0.1, 0.15) is 5.56 Å². The molecule has 0 aliphatic carbocycles. The van der Waals surface area contributed by atoms with Crippen LogP contribution in [0.15, 0.2) is 60.7 Å². The number of ether oxygens (including phenoxy) is 1. The van der Waals surface area contributed by atoms with Gasteiger partial charge in [-0.05, 0) is 29.1 Å². The zero-order valence-electron chi connectivity index (χ0n) is 10.8. The first-order chi connectivity index (χ1) is 9.78. The third-order valence-corrected chi connectivity index (χ3v) is 3.22. The molecule has 0 atom stereocenters. The molecule has 0 saturated carbocycles. The summed E-state index contributed by atoms with van der Waals surface area (Å²) in [6.07, 6.45) is 0. The van der Waals surface area contributed by atoms with Gasteiger partial charge in [0.25, 0.3) is 0 Å². The molecule has 3 rings (SSSR count). The fraction of sp³-hybridized carbons (Fsp3) is 0.0588. The summed E-state index contributed by atoms with van der Waals surface area (Å²) in [6, 6.07) is 17.8. The Labute approximate surface area is 116 Å². The summed E-state index contributed by atoms with van der Waals surface area (Å²) in [5.74, 6) is 0.865. The van der Waals surface area contributed by atoms with Crippen molar-refractivity contribution in [1.29, 1.82) is 0 Å². The minimum atomic E-state index is -0.314. The Hall–Kier alpha value is -2.39. The molecular weight excluding hydrogens is 253 g/mol. The first kappa shape index (κ1) is 12.6. The fourth-order valence-corrected chi connectivity index (χ4v) is 2.26. The average Bonchev–Trinajstić information content (AvgIpc) is 2.48. The molecule has 0 bridgehead atoms. The van der Waals surface area contributed by atoms with E-state index in [1.54, 1.807) is 12.1 Å². The van der Waals surface area contributed by atoms with Crippen molar-refractivity contribution in [2.75, 3.05) is 0 Å². The first-order valence-corrected chi connectivity index (χ1v) is 6.42. The van der Waals surface area contributed by atoms with E-state index in [-0.39, 0.29) is 5.82 Å². The molecule has 3 aromatic carbocycles. The van der Waals surface area contributed by atoms with Gasteiger partial charge in [-0.25, -0.2) is 4.39 Å². The minimum absolute atomic E-state index is 0.314. The Morgan fingerprint density at radius 3 is 2.45 bits per heavy atom. The van der Waals surface area contributed by atoms with Gasteiger partial charge in [0.15, 0.2) is 0 Å². The Bertz CT molecular complexity index is 755. The third kappa shape index (κ3) is 2.36. The third-order valence-electron chi connectivity index (χ3n) is 3.22. The maximum absolute atomic E-state index is 13.2. The predicted octanol–water partition coefficient (Wildman–Crippen LogP) is 4.23. The highest BCUT2D eigenvalue weighted by atomic mass is 19.1. The van der Waals surface area contributed by atoms with Gasteiger partial charge in [-0.3, -0.25) is 0 Å². The molecule has 20 heavy (non-hydrogen) atoms. The van der Waals surface area contributed by atoms with Gasteiger partial charge in [0.2, 0.25) is 0 Å². The largest absolute Gasteiger partial charge is 0.457 e. The van der Waals surface area contributed by atoms with Crippen LogP contribution in [0.5, 0.6) is 11.5 Å².